The highest BCUT2D eigenvalue weighted by atomic mass is 35.5. The fraction of sp³-hybridized carbons (Fsp3) is 0.150. The van der Waals surface area contributed by atoms with Crippen LogP contribution in [0.4, 0.5) is 0 Å². The Bertz CT molecular complexity index is 987. The molecule has 1 unspecified atom stereocenters. The highest BCUT2D eigenvalue weighted by Crippen LogP contribution is 2.30. The number of rotatable bonds is 5. The lowest BCUT2D eigenvalue weighted by molar-refractivity contribution is 0.679. The summed E-state index contributed by atoms with van der Waals surface area (Å²) in [5.74, 6) is 0.193. The number of benzene rings is 2. The lowest BCUT2D eigenvalue weighted by atomic mass is 10.0. The second-order valence-electron chi connectivity index (χ2n) is 6.01. The lowest BCUT2D eigenvalue weighted by Crippen LogP contribution is -2.14. The topological polar surface area (TPSA) is 64.7 Å². The van der Waals surface area contributed by atoms with Gasteiger partial charge in [-0.25, -0.2) is 0 Å². The van der Waals surface area contributed by atoms with Crippen molar-refractivity contribution in [2.75, 3.05) is 6.54 Å². The smallest absolute Gasteiger partial charge is 0.147 e. The summed E-state index contributed by atoms with van der Waals surface area (Å²) in [6.07, 6.45) is 4.56. The maximum absolute atomic E-state index is 6.01. The van der Waals surface area contributed by atoms with Gasteiger partial charge in [0.2, 0.25) is 0 Å². The van der Waals surface area contributed by atoms with Gasteiger partial charge in [-0.2, -0.15) is 0 Å². The zero-order chi connectivity index (χ0) is 17.1. The molecule has 2 heterocycles. The van der Waals surface area contributed by atoms with Crippen molar-refractivity contribution in [3.05, 3.63) is 77.6 Å². The standard InChI is InChI=1S/C20H18N4S.ClH/c21-12-18(10-14-4-2-1-3-5-14)20-24-23-19(25-20)16-6-7-17-13-22-9-8-15(17)11-16;/h1-9,11,13,18H,10,12,21H2;1H. The molecule has 0 aliphatic carbocycles. The van der Waals surface area contributed by atoms with Crippen LogP contribution in [-0.4, -0.2) is 21.7 Å². The minimum atomic E-state index is 0. The average molecular weight is 383 g/mol. The largest absolute Gasteiger partial charge is 0.330 e. The first-order valence-electron chi connectivity index (χ1n) is 8.25. The first-order valence-corrected chi connectivity index (χ1v) is 9.06. The van der Waals surface area contributed by atoms with Crippen LogP contribution < -0.4 is 5.73 Å². The monoisotopic (exact) mass is 382 g/mol. The molecule has 0 saturated carbocycles. The van der Waals surface area contributed by atoms with Crippen LogP contribution >= 0.6 is 23.7 Å². The average Bonchev–Trinajstić information content (AvgIpc) is 3.16. The van der Waals surface area contributed by atoms with Crippen molar-refractivity contribution in [3.8, 4) is 10.6 Å². The molecule has 2 N–H and O–H groups in total. The number of hydrogen-bond acceptors (Lipinski definition) is 5. The second kappa shape index (κ2) is 8.36. The molecule has 0 aliphatic heterocycles. The van der Waals surface area contributed by atoms with Crippen LogP contribution in [0.1, 0.15) is 16.5 Å². The van der Waals surface area contributed by atoms with E-state index in [2.05, 4.69) is 57.6 Å². The number of aromatic nitrogens is 3. The minimum absolute atomic E-state index is 0. The summed E-state index contributed by atoms with van der Waals surface area (Å²) in [5, 5.41) is 13.0. The van der Waals surface area contributed by atoms with Crippen LogP contribution in [-0.2, 0) is 6.42 Å². The maximum atomic E-state index is 6.01. The molecule has 4 rings (SSSR count). The summed E-state index contributed by atoms with van der Waals surface area (Å²) in [6, 6.07) is 18.7. The third-order valence-corrected chi connectivity index (χ3v) is 5.42. The van der Waals surface area contributed by atoms with Gasteiger partial charge in [-0.3, -0.25) is 4.98 Å². The van der Waals surface area contributed by atoms with Gasteiger partial charge in [0.15, 0.2) is 0 Å². The molecule has 4 nitrogen and oxygen atoms in total. The van der Waals surface area contributed by atoms with Gasteiger partial charge < -0.3 is 5.73 Å². The van der Waals surface area contributed by atoms with Crippen LogP contribution in [0, 0.1) is 0 Å². The molecule has 2 aromatic carbocycles. The molecule has 0 spiro atoms. The normalized spacial score (nSPS) is 11.9. The van der Waals surface area contributed by atoms with Crippen molar-refractivity contribution in [1.29, 1.82) is 0 Å². The number of halogens is 1. The Balaban J connectivity index is 0.00000196. The van der Waals surface area contributed by atoms with Crippen molar-refractivity contribution in [3.63, 3.8) is 0 Å². The van der Waals surface area contributed by atoms with Gasteiger partial charge in [-0.05, 0) is 29.5 Å². The highest BCUT2D eigenvalue weighted by Gasteiger charge is 2.17. The Morgan fingerprint density at radius 1 is 0.962 bits per heavy atom. The molecule has 1 atom stereocenters. The Morgan fingerprint density at radius 3 is 2.62 bits per heavy atom. The second-order valence-corrected chi connectivity index (χ2v) is 7.01. The molecule has 26 heavy (non-hydrogen) atoms. The zero-order valence-corrected chi connectivity index (χ0v) is 15.7. The summed E-state index contributed by atoms with van der Waals surface area (Å²) < 4.78 is 0. The zero-order valence-electron chi connectivity index (χ0n) is 14.1. The Hall–Kier alpha value is -2.34. The Labute approximate surface area is 162 Å². The molecule has 0 fully saturated rings. The molecule has 2 aromatic heterocycles. The van der Waals surface area contributed by atoms with Gasteiger partial charge in [-0.1, -0.05) is 53.8 Å². The summed E-state index contributed by atoms with van der Waals surface area (Å²) in [6.45, 7) is 0.562. The van der Waals surface area contributed by atoms with E-state index in [1.54, 1.807) is 11.3 Å². The third kappa shape index (κ3) is 3.90. The van der Waals surface area contributed by atoms with E-state index in [1.165, 1.54) is 5.56 Å². The van der Waals surface area contributed by atoms with Crippen molar-refractivity contribution in [2.45, 2.75) is 12.3 Å². The predicted octanol–water partition coefficient (Wildman–Crippen LogP) is 4.46. The SMILES string of the molecule is Cl.NCC(Cc1ccccc1)c1nnc(-c2ccc3cnccc3c2)s1. The van der Waals surface area contributed by atoms with Crippen LogP contribution in [0.15, 0.2) is 67.0 Å². The minimum Gasteiger partial charge on any atom is -0.330 e. The van der Waals surface area contributed by atoms with Crippen molar-refractivity contribution in [1.82, 2.24) is 15.2 Å². The summed E-state index contributed by atoms with van der Waals surface area (Å²) in [4.78, 5) is 4.15. The van der Waals surface area contributed by atoms with E-state index in [-0.39, 0.29) is 18.3 Å². The molecule has 0 aliphatic rings. The van der Waals surface area contributed by atoms with E-state index in [0.29, 0.717) is 6.54 Å². The first-order chi connectivity index (χ1) is 12.3. The quantitative estimate of drug-likeness (QED) is 0.553. The molecule has 132 valence electrons. The van der Waals surface area contributed by atoms with E-state index in [1.807, 2.05) is 24.5 Å². The summed E-state index contributed by atoms with van der Waals surface area (Å²) in [7, 11) is 0. The Kier molecular flexibility index (Phi) is 5.93. The maximum Gasteiger partial charge on any atom is 0.147 e. The van der Waals surface area contributed by atoms with Crippen LogP contribution in [0.25, 0.3) is 21.3 Å². The van der Waals surface area contributed by atoms with Gasteiger partial charge in [0.05, 0.1) is 0 Å². The van der Waals surface area contributed by atoms with Gasteiger partial charge >= 0.3 is 0 Å². The van der Waals surface area contributed by atoms with E-state index in [4.69, 9.17) is 5.73 Å². The number of nitrogens with two attached hydrogens (primary N) is 1. The van der Waals surface area contributed by atoms with Gasteiger partial charge in [0.1, 0.15) is 10.0 Å². The molecule has 6 heteroatoms. The first kappa shape index (κ1) is 18.5. The molecule has 0 bridgehead atoms. The van der Waals surface area contributed by atoms with Gasteiger partial charge in [0, 0.05) is 35.8 Å². The van der Waals surface area contributed by atoms with Gasteiger partial charge in [-0.15, -0.1) is 22.6 Å². The number of fused-ring (bicyclic) bond motifs is 1. The van der Waals surface area contributed by atoms with Crippen molar-refractivity contribution < 1.29 is 0 Å². The van der Waals surface area contributed by atoms with E-state index in [0.717, 1.165) is 32.8 Å². The number of hydrogen-bond donors (Lipinski definition) is 1. The molecule has 0 radical (unpaired) electrons. The Morgan fingerprint density at radius 2 is 1.81 bits per heavy atom. The van der Waals surface area contributed by atoms with Crippen molar-refractivity contribution >= 4 is 34.5 Å². The molecule has 0 saturated heterocycles. The predicted molar refractivity (Wildman–Crippen MR) is 110 cm³/mol. The van der Waals surface area contributed by atoms with E-state index < -0.39 is 0 Å². The van der Waals surface area contributed by atoms with Crippen molar-refractivity contribution in [2.24, 2.45) is 5.73 Å². The van der Waals surface area contributed by atoms with E-state index in [9.17, 15) is 0 Å². The fourth-order valence-corrected chi connectivity index (χ4v) is 3.86. The van der Waals surface area contributed by atoms with Crippen LogP contribution in [0.5, 0.6) is 0 Å². The third-order valence-electron chi connectivity index (χ3n) is 4.29. The fourth-order valence-electron chi connectivity index (χ4n) is 2.90. The summed E-state index contributed by atoms with van der Waals surface area (Å²) in [5.41, 5.74) is 8.36. The molecular weight excluding hydrogens is 364 g/mol. The summed E-state index contributed by atoms with van der Waals surface area (Å²) >= 11 is 1.63. The van der Waals surface area contributed by atoms with Gasteiger partial charge in [0.25, 0.3) is 0 Å². The molecule has 4 aromatic rings. The van der Waals surface area contributed by atoms with Crippen LogP contribution in [0.2, 0.25) is 0 Å². The lowest BCUT2D eigenvalue weighted by Gasteiger charge is -2.10. The highest BCUT2D eigenvalue weighted by molar-refractivity contribution is 7.14. The van der Waals surface area contributed by atoms with E-state index >= 15 is 0 Å². The number of nitrogens with zero attached hydrogens (tertiary/aromatic N) is 3. The molecular formula is C20H19ClN4S. The number of pyridine rings is 1. The molecule has 0 amide bonds. The van der Waals surface area contributed by atoms with Crippen LogP contribution in [0.3, 0.4) is 0 Å².